The van der Waals surface area contributed by atoms with E-state index in [1.165, 1.54) is 12.1 Å². The number of nitrogens with two attached hydrogens (primary N) is 1. The molecule has 1 aliphatic rings. The van der Waals surface area contributed by atoms with Crippen molar-refractivity contribution in [2.45, 2.75) is 38.6 Å². The Kier molecular flexibility index (Phi) is 7.00. The van der Waals surface area contributed by atoms with Crippen LogP contribution in [0.5, 0.6) is 5.75 Å². The lowest BCUT2D eigenvalue weighted by molar-refractivity contribution is -0.138. The maximum atomic E-state index is 13.7. The summed E-state index contributed by atoms with van der Waals surface area (Å²) in [6.45, 7) is 5.47. The highest BCUT2D eigenvalue weighted by atomic mass is 35.5. The number of halogens is 3. The van der Waals surface area contributed by atoms with E-state index in [1.807, 2.05) is 24.9 Å². The first kappa shape index (κ1) is 24.3. The van der Waals surface area contributed by atoms with E-state index in [1.54, 1.807) is 23.1 Å². The van der Waals surface area contributed by atoms with Crippen molar-refractivity contribution in [3.63, 3.8) is 0 Å². The minimum absolute atomic E-state index is 0.0190. The molecule has 0 saturated carbocycles. The van der Waals surface area contributed by atoms with Crippen LogP contribution in [0.1, 0.15) is 32.3 Å². The van der Waals surface area contributed by atoms with Gasteiger partial charge in [0.1, 0.15) is 11.4 Å². The molecule has 34 heavy (non-hydrogen) atoms. The fraction of sp³-hybridized carbons (Fsp3) is 0.375. The smallest absolute Gasteiger partial charge is 0.249 e. The SMILES string of the molecule is CC(C)(C(=O)N1CCCC1)n1cc(-c2cnc(N)c(OCCc3c(Cl)ccc(F)c3Cl)c2)cn1. The van der Waals surface area contributed by atoms with Crippen molar-refractivity contribution in [2.24, 2.45) is 0 Å². The Hall–Kier alpha value is -2.84. The summed E-state index contributed by atoms with van der Waals surface area (Å²) in [6.07, 6.45) is 7.48. The van der Waals surface area contributed by atoms with Crippen molar-refractivity contribution >= 4 is 34.9 Å². The topological polar surface area (TPSA) is 86.3 Å². The first-order chi connectivity index (χ1) is 16.2. The van der Waals surface area contributed by atoms with Crippen molar-refractivity contribution in [3.05, 3.63) is 58.2 Å². The predicted octanol–water partition coefficient (Wildman–Crippen LogP) is 4.95. The molecule has 2 aromatic heterocycles. The average molecular weight is 506 g/mol. The van der Waals surface area contributed by atoms with Gasteiger partial charge in [-0.2, -0.15) is 5.10 Å². The molecule has 0 aliphatic carbocycles. The molecule has 1 aliphatic heterocycles. The molecule has 1 amide bonds. The molecule has 3 heterocycles. The maximum Gasteiger partial charge on any atom is 0.249 e. The molecule has 10 heteroatoms. The summed E-state index contributed by atoms with van der Waals surface area (Å²) in [5, 5.41) is 4.79. The van der Waals surface area contributed by atoms with Gasteiger partial charge < -0.3 is 15.4 Å². The number of nitrogen functional groups attached to an aromatic ring is 1. The van der Waals surface area contributed by atoms with Crippen LogP contribution in [-0.4, -0.2) is 45.3 Å². The Labute approximate surface area is 207 Å². The summed E-state index contributed by atoms with van der Waals surface area (Å²) in [6, 6.07) is 4.44. The van der Waals surface area contributed by atoms with E-state index in [0.717, 1.165) is 37.1 Å². The van der Waals surface area contributed by atoms with Crippen molar-refractivity contribution in [3.8, 4) is 16.9 Å². The first-order valence-corrected chi connectivity index (χ1v) is 11.8. The van der Waals surface area contributed by atoms with Crippen molar-refractivity contribution in [1.29, 1.82) is 0 Å². The van der Waals surface area contributed by atoms with Crippen LogP contribution in [0.2, 0.25) is 10.0 Å². The van der Waals surface area contributed by atoms with Crippen LogP contribution in [-0.2, 0) is 16.8 Å². The minimum atomic E-state index is -0.813. The summed E-state index contributed by atoms with van der Waals surface area (Å²) in [7, 11) is 0. The van der Waals surface area contributed by atoms with Gasteiger partial charge in [0.25, 0.3) is 0 Å². The number of ether oxygens (including phenoxy) is 1. The van der Waals surface area contributed by atoms with Crippen LogP contribution in [0.15, 0.2) is 36.8 Å². The molecular formula is C24H26Cl2FN5O2. The number of amides is 1. The third kappa shape index (κ3) is 4.83. The van der Waals surface area contributed by atoms with Crippen molar-refractivity contribution < 1.29 is 13.9 Å². The highest BCUT2D eigenvalue weighted by Crippen LogP contribution is 2.31. The highest BCUT2D eigenvalue weighted by Gasteiger charge is 2.35. The lowest BCUT2D eigenvalue weighted by Gasteiger charge is -2.29. The van der Waals surface area contributed by atoms with Crippen LogP contribution in [0, 0.1) is 5.82 Å². The number of carbonyl (C=O) groups excluding carboxylic acids is 1. The van der Waals surface area contributed by atoms with Gasteiger partial charge in [0.15, 0.2) is 11.6 Å². The van der Waals surface area contributed by atoms with Crippen LogP contribution in [0.4, 0.5) is 10.2 Å². The standard InChI is InChI=1S/C24H26Cl2FN5O2/c1-24(2,23(33)31-8-3-4-9-31)32-14-16(13-30-32)15-11-20(22(28)29-12-15)34-10-7-17-18(25)5-6-19(27)21(17)26/h5-6,11-14H,3-4,7-10H2,1-2H3,(H2,28,29). The van der Waals surface area contributed by atoms with Crippen LogP contribution >= 0.6 is 23.2 Å². The van der Waals surface area contributed by atoms with Gasteiger partial charge in [-0.05, 0) is 50.5 Å². The summed E-state index contributed by atoms with van der Waals surface area (Å²) >= 11 is 12.2. The van der Waals surface area contributed by atoms with E-state index in [2.05, 4.69) is 10.1 Å². The number of aromatic nitrogens is 3. The maximum absolute atomic E-state index is 13.7. The van der Waals surface area contributed by atoms with E-state index in [0.29, 0.717) is 22.8 Å². The largest absolute Gasteiger partial charge is 0.489 e. The zero-order valence-electron chi connectivity index (χ0n) is 19.0. The van der Waals surface area contributed by atoms with E-state index in [-0.39, 0.29) is 23.4 Å². The lowest BCUT2D eigenvalue weighted by Crippen LogP contribution is -2.46. The second-order valence-corrected chi connectivity index (χ2v) is 9.54. The molecule has 3 aromatic rings. The number of hydrogen-bond donors (Lipinski definition) is 1. The fourth-order valence-corrected chi connectivity index (χ4v) is 4.53. The molecule has 4 rings (SSSR count). The molecule has 0 bridgehead atoms. The van der Waals surface area contributed by atoms with Gasteiger partial charge in [0.2, 0.25) is 5.91 Å². The van der Waals surface area contributed by atoms with E-state index in [9.17, 15) is 9.18 Å². The summed E-state index contributed by atoms with van der Waals surface area (Å²) in [5.74, 6) is 0.111. The quantitative estimate of drug-likeness (QED) is 0.459. The number of carbonyl (C=O) groups is 1. The lowest BCUT2D eigenvalue weighted by atomic mass is 10.0. The van der Waals surface area contributed by atoms with E-state index < -0.39 is 11.4 Å². The Morgan fingerprint density at radius 1 is 1.21 bits per heavy atom. The van der Waals surface area contributed by atoms with Crippen molar-refractivity contribution in [1.82, 2.24) is 19.7 Å². The number of hydrogen-bond acceptors (Lipinski definition) is 5. The van der Waals surface area contributed by atoms with E-state index in [4.69, 9.17) is 33.7 Å². The van der Waals surface area contributed by atoms with Gasteiger partial charge in [-0.25, -0.2) is 9.37 Å². The molecule has 0 spiro atoms. The monoisotopic (exact) mass is 505 g/mol. The van der Waals surface area contributed by atoms with Gasteiger partial charge in [0.05, 0.1) is 17.8 Å². The van der Waals surface area contributed by atoms with E-state index >= 15 is 0 Å². The minimum Gasteiger partial charge on any atom is -0.489 e. The normalized spacial score (nSPS) is 14.0. The number of benzene rings is 1. The van der Waals surface area contributed by atoms with Crippen LogP contribution in [0.25, 0.3) is 11.1 Å². The molecule has 1 fully saturated rings. The number of nitrogens with zero attached hydrogens (tertiary/aromatic N) is 4. The summed E-state index contributed by atoms with van der Waals surface area (Å²) in [4.78, 5) is 19.1. The van der Waals surface area contributed by atoms with Gasteiger partial charge in [-0.3, -0.25) is 9.48 Å². The second kappa shape index (κ2) is 9.80. The van der Waals surface area contributed by atoms with Gasteiger partial charge >= 0.3 is 0 Å². The van der Waals surface area contributed by atoms with Gasteiger partial charge in [-0.1, -0.05) is 23.2 Å². The summed E-state index contributed by atoms with van der Waals surface area (Å²) < 4.78 is 21.2. The Balaban J connectivity index is 1.49. The van der Waals surface area contributed by atoms with Crippen LogP contribution < -0.4 is 10.5 Å². The molecule has 7 nitrogen and oxygen atoms in total. The van der Waals surface area contributed by atoms with Gasteiger partial charge in [-0.15, -0.1) is 0 Å². The van der Waals surface area contributed by atoms with Gasteiger partial charge in [0, 0.05) is 48.1 Å². The number of pyridine rings is 1. The predicted molar refractivity (Wildman–Crippen MR) is 131 cm³/mol. The highest BCUT2D eigenvalue weighted by molar-refractivity contribution is 6.36. The molecule has 1 aromatic carbocycles. The molecule has 1 saturated heterocycles. The molecule has 2 N–H and O–H groups in total. The Morgan fingerprint density at radius 3 is 2.68 bits per heavy atom. The molecule has 180 valence electrons. The average Bonchev–Trinajstić information content (AvgIpc) is 3.52. The Morgan fingerprint density at radius 2 is 1.94 bits per heavy atom. The molecule has 0 atom stereocenters. The third-order valence-corrected chi connectivity index (χ3v) is 6.80. The number of rotatable bonds is 7. The molecule has 0 radical (unpaired) electrons. The Bertz CT molecular complexity index is 1210. The second-order valence-electron chi connectivity index (χ2n) is 8.76. The number of anilines is 1. The fourth-order valence-electron chi connectivity index (χ4n) is 3.97. The number of likely N-dealkylation sites (tertiary alicyclic amines) is 1. The summed E-state index contributed by atoms with van der Waals surface area (Å²) in [5.41, 5.74) is 7.16. The molecule has 0 unspecified atom stereocenters. The van der Waals surface area contributed by atoms with Crippen LogP contribution in [0.3, 0.4) is 0 Å². The van der Waals surface area contributed by atoms with Crippen molar-refractivity contribution in [2.75, 3.05) is 25.4 Å². The molecular weight excluding hydrogens is 480 g/mol. The first-order valence-electron chi connectivity index (χ1n) is 11.0. The zero-order chi connectivity index (χ0) is 24.5. The zero-order valence-corrected chi connectivity index (χ0v) is 20.5. The third-order valence-electron chi connectivity index (χ3n) is 6.04.